The van der Waals surface area contributed by atoms with Crippen molar-refractivity contribution in [2.45, 2.75) is 12.6 Å². The molecule has 0 spiro atoms. The molecule has 0 aromatic heterocycles. The summed E-state index contributed by atoms with van der Waals surface area (Å²) < 4.78 is 6.23. The second-order valence-corrected chi connectivity index (χ2v) is 5.59. The van der Waals surface area contributed by atoms with Crippen LogP contribution in [0, 0.1) is 10.1 Å². The Labute approximate surface area is 126 Å². The molecule has 1 aromatic carbocycles. The zero-order valence-corrected chi connectivity index (χ0v) is 12.9. The summed E-state index contributed by atoms with van der Waals surface area (Å²) in [6.07, 6.45) is 0.172. The van der Waals surface area contributed by atoms with Crippen molar-refractivity contribution in [1.82, 2.24) is 10.2 Å². The molecule has 20 heavy (non-hydrogen) atoms. The summed E-state index contributed by atoms with van der Waals surface area (Å²) in [5, 5.41) is 14.0. The maximum absolute atomic E-state index is 10.9. The first-order chi connectivity index (χ1) is 9.61. The molecule has 110 valence electrons. The predicted octanol–water partition coefficient (Wildman–Crippen LogP) is 1.78. The number of likely N-dealkylation sites (N-methyl/N-ethyl adjacent to an activating group) is 1. The minimum absolute atomic E-state index is 0.113. The Morgan fingerprint density at radius 3 is 3.10 bits per heavy atom. The quantitative estimate of drug-likeness (QED) is 0.651. The Kier molecular flexibility index (Phi) is 5.47. The summed E-state index contributed by atoms with van der Waals surface area (Å²) in [6, 6.07) is 5.15. The number of halogens is 1. The Morgan fingerprint density at radius 2 is 2.40 bits per heavy atom. The number of hydrogen-bond donors (Lipinski definition) is 1. The molecule has 1 heterocycles. The minimum atomic E-state index is -0.364. The number of hydrogen-bond acceptors (Lipinski definition) is 5. The lowest BCUT2D eigenvalue weighted by molar-refractivity contribution is -0.385. The number of benzene rings is 1. The van der Waals surface area contributed by atoms with Gasteiger partial charge in [-0.15, -0.1) is 0 Å². The van der Waals surface area contributed by atoms with E-state index in [1.807, 2.05) is 13.1 Å². The van der Waals surface area contributed by atoms with Gasteiger partial charge in [0.2, 0.25) is 0 Å². The van der Waals surface area contributed by atoms with Crippen LogP contribution < -0.4 is 5.32 Å². The van der Waals surface area contributed by atoms with E-state index in [4.69, 9.17) is 4.74 Å². The van der Waals surface area contributed by atoms with Crippen molar-refractivity contribution in [3.05, 3.63) is 38.3 Å². The molecular formula is C13H18BrN3O3. The summed E-state index contributed by atoms with van der Waals surface area (Å²) in [5.41, 5.74) is 1.05. The molecule has 0 radical (unpaired) electrons. The topological polar surface area (TPSA) is 67.6 Å². The Bertz CT molecular complexity index is 482. The number of nitro benzene ring substituents is 1. The monoisotopic (exact) mass is 343 g/mol. The van der Waals surface area contributed by atoms with Gasteiger partial charge in [-0.3, -0.25) is 15.0 Å². The second kappa shape index (κ2) is 7.12. The van der Waals surface area contributed by atoms with Gasteiger partial charge in [0.1, 0.15) is 0 Å². The van der Waals surface area contributed by atoms with E-state index in [-0.39, 0.29) is 16.7 Å². The van der Waals surface area contributed by atoms with E-state index < -0.39 is 0 Å². The van der Waals surface area contributed by atoms with Crippen molar-refractivity contribution >= 4 is 21.6 Å². The molecule has 1 aliphatic rings. The molecule has 0 aliphatic carbocycles. The van der Waals surface area contributed by atoms with Crippen molar-refractivity contribution < 1.29 is 9.66 Å². The largest absolute Gasteiger partial charge is 0.374 e. The molecule has 7 heteroatoms. The van der Waals surface area contributed by atoms with E-state index in [1.165, 1.54) is 6.07 Å². The SMILES string of the molecule is CNCC1CN(Cc2cccc([N+](=O)[O-])c2Br)CCO1. The Hall–Kier alpha value is -1.02. The molecule has 0 bridgehead atoms. The fourth-order valence-electron chi connectivity index (χ4n) is 2.35. The van der Waals surface area contributed by atoms with Crippen LogP contribution in [0.1, 0.15) is 5.56 Å². The molecular weight excluding hydrogens is 326 g/mol. The maximum atomic E-state index is 10.9. The van der Waals surface area contributed by atoms with Crippen LogP contribution >= 0.6 is 15.9 Å². The third-order valence-corrected chi connectivity index (χ3v) is 4.22. The van der Waals surface area contributed by atoms with E-state index in [0.717, 1.165) is 25.2 Å². The van der Waals surface area contributed by atoms with Gasteiger partial charge in [0.25, 0.3) is 5.69 Å². The first kappa shape index (κ1) is 15.4. The number of rotatable bonds is 5. The Morgan fingerprint density at radius 1 is 1.60 bits per heavy atom. The lowest BCUT2D eigenvalue weighted by atomic mass is 10.1. The van der Waals surface area contributed by atoms with Gasteiger partial charge in [0, 0.05) is 32.2 Å². The summed E-state index contributed by atoms with van der Waals surface area (Å²) in [4.78, 5) is 12.8. The van der Waals surface area contributed by atoms with E-state index >= 15 is 0 Å². The number of nitrogens with zero attached hydrogens (tertiary/aromatic N) is 2. The number of nitrogens with one attached hydrogen (secondary N) is 1. The maximum Gasteiger partial charge on any atom is 0.283 e. The van der Waals surface area contributed by atoms with Crippen molar-refractivity contribution in [3.63, 3.8) is 0 Å². The minimum Gasteiger partial charge on any atom is -0.374 e. The van der Waals surface area contributed by atoms with Crippen LogP contribution in [0.5, 0.6) is 0 Å². The highest BCUT2D eigenvalue weighted by Crippen LogP contribution is 2.29. The second-order valence-electron chi connectivity index (χ2n) is 4.79. The molecule has 1 aliphatic heterocycles. The highest BCUT2D eigenvalue weighted by Gasteiger charge is 2.22. The van der Waals surface area contributed by atoms with Gasteiger partial charge in [-0.1, -0.05) is 12.1 Å². The summed E-state index contributed by atoms with van der Waals surface area (Å²) in [6.45, 7) is 3.86. The van der Waals surface area contributed by atoms with Gasteiger partial charge in [0.15, 0.2) is 0 Å². The van der Waals surface area contributed by atoms with Crippen LogP contribution in [-0.2, 0) is 11.3 Å². The lowest BCUT2D eigenvalue weighted by Gasteiger charge is -2.33. The van der Waals surface area contributed by atoms with Gasteiger partial charge in [-0.2, -0.15) is 0 Å². The van der Waals surface area contributed by atoms with Crippen LogP contribution in [0.2, 0.25) is 0 Å². The first-order valence-electron chi connectivity index (χ1n) is 6.52. The molecule has 2 rings (SSSR count). The number of ether oxygens (including phenoxy) is 1. The van der Waals surface area contributed by atoms with Crippen molar-refractivity contribution in [3.8, 4) is 0 Å². The van der Waals surface area contributed by atoms with E-state index in [0.29, 0.717) is 17.6 Å². The van der Waals surface area contributed by atoms with Gasteiger partial charge in [-0.05, 0) is 28.5 Å². The third-order valence-electron chi connectivity index (χ3n) is 3.30. The molecule has 1 N–H and O–H groups in total. The standard InChI is InChI=1S/C13H18BrN3O3/c1-15-7-11-9-16(5-6-20-11)8-10-3-2-4-12(13(10)14)17(18)19/h2-4,11,15H,5-9H2,1H3. The molecule has 1 saturated heterocycles. The zero-order valence-electron chi connectivity index (χ0n) is 11.3. The van der Waals surface area contributed by atoms with Crippen LogP contribution in [0.15, 0.2) is 22.7 Å². The average Bonchev–Trinajstić information content (AvgIpc) is 2.42. The molecule has 1 unspecified atom stereocenters. The van der Waals surface area contributed by atoms with E-state index in [1.54, 1.807) is 6.07 Å². The predicted molar refractivity (Wildman–Crippen MR) is 79.7 cm³/mol. The van der Waals surface area contributed by atoms with Crippen LogP contribution in [-0.4, -0.2) is 49.2 Å². The van der Waals surface area contributed by atoms with Gasteiger partial charge in [0.05, 0.1) is 22.1 Å². The van der Waals surface area contributed by atoms with Crippen molar-refractivity contribution in [2.75, 3.05) is 33.3 Å². The highest BCUT2D eigenvalue weighted by atomic mass is 79.9. The highest BCUT2D eigenvalue weighted by molar-refractivity contribution is 9.10. The van der Waals surface area contributed by atoms with Crippen LogP contribution in [0.3, 0.4) is 0 Å². The molecule has 6 nitrogen and oxygen atoms in total. The number of morpholine rings is 1. The third kappa shape index (κ3) is 3.76. The van der Waals surface area contributed by atoms with Crippen molar-refractivity contribution in [2.24, 2.45) is 0 Å². The smallest absolute Gasteiger partial charge is 0.283 e. The molecule has 1 aromatic rings. The fourth-order valence-corrected chi connectivity index (χ4v) is 2.88. The van der Waals surface area contributed by atoms with E-state index in [9.17, 15) is 10.1 Å². The molecule has 1 atom stereocenters. The van der Waals surface area contributed by atoms with Crippen LogP contribution in [0.25, 0.3) is 0 Å². The van der Waals surface area contributed by atoms with Crippen LogP contribution in [0.4, 0.5) is 5.69 Å². The van der Waals surface area contributed by atoms with E-state index in [2.05, 4.69) is 26.1 Å². The van der Waals surface area contributed by atoms with Crippen molar-refractivity contribution in [1.29, 1.82) is 0 Å². The Balaban J connectivity index is 2.06. The normalized spacial score (nSPS) is 20.0. The molecule has 0 saturated carbocycles. The summed E-state index contributed by atoms with van der Waals surface area (Å²) >= 11 is 3.34. The fraction of sp³-hybridized carbons (Fsp3) is 0.538. The average molecular weight is 344 g/mol. The molecule has 1 fully saturated rings. The van der Waals surface area contributed by atoms with Gasteiger partial charge >= 0.3 is 0 Å². The number of nitro groups is 1. The lowest BCUT2D eigenvalue weighted by Crippen LogP contribution is -2.45. The summed E-state index contributed by atoms with van der Waals surface area (Å²) in [7, 11) is 1.90. The van der Waals surface area contributed by atoms with Gasteiger partial charge < -0.3 is 10.1 Å². The first-order valence-corrected chi connectivity index (χ1v) is 7.31. The summed E-state index contributed by atoms with van der Waals surface area (Å²) in [5.74, 6) is 0. The zero-order chi connectivity index (χ0) is 14.5. The molecule has 0 amide bonds. The van der Waals surface area contributed by atoms with Gasteiger partial charge in [-0.25, -0.2) is 0 Å².